The lowest BCUT2D eigenvalue weighted by Crippen LogP contribution is -2.23. The SMILES string of the molecule is CC(N)c1c(F)cccc1OCCOC(C)(C)C. The molecule has 1 atom stereocenters. The first kappa shape index (κ1) is 14.9. The lowest BCUT2D eigenvalue weighted by Gasteiger charge is -2.20. The molecular weight excluding hydrogens is 233 g/mol. The molecule has 0 bridgehead atoms. The summed E-state index contributed by atoms with van der Waals surface area (Å²) in [5.74, 6) is 0.154. The summed E-state index contributed by atoms with van der Waals surface area (Å²) in [6.45, 7) is 8.49. The van der Waals surface area contributed by atoms with Crippen molar-refractivity contribution in [2.24, 2.45) is 5.73 Å². The van der Waals surface area contributed by atoms with Crippen LogP contribution in [0.4, 0.5) is 4.39 Å². The first-order valence-corrected chi connectivity index (χ1v) is 6.12. The monoisotopic (exact) mass is 255 g/mol. The van der Waals surface area contributed by atoms with Gasteiger partial charge in [0.25, 0.3) is 0 Å². The van der Waals surface area contributed by atoms with Crippen LogP contribution in [0.2, 0.25) is 0 Å². The molecule has 0 aliphatic heterocycles. The van der Waals surface area contributed by atoms with Crippen LogP contribution in [0.15, 0.2) is 18.2 Å². The standard InChI is InChI=1S/C14H22FNO2/c1-10(16)13-11(15)6-5-7-12(13)17-8-9-18-14(2,3)4/h5-7,10H,8-9,16H2,1-4H3. The summed E-state index contributed by atoms with van der Waals surface area (Å²) in [6, 6.07) is 4.32. The van der Waals surface area contributed by atoms with Crippen LogP contribution >= 0.6 is 0 Å². The minimum absolute atomic E-state index is 0.199. The fourth-order valence-corrected chi connectivity index (χ4v) is 1.58. The highest BCUT2D eigenvalue weighted by Gasteiger charge is 2.14. The number of hydrogen-bond donors (Lipinski definition) is 1. The van der Waals surface area contributed by atoms with E-state index in [1.54, 1.807) is 19.1 Å². The van der Waals surface area contributed by atoms with E-state index in [0.29, 0.717) is 24.5 Å². The molecule has 0 aliphatic rings. The minimum atomic E-state index is -0.398. The van der Waals surface area contributed by atoms with Gasteiger partial charge in [0.2, 0.25) is 0 Å². The maximum atomic E-state index is 13.6. The first-order chi connectivity index (χ1) is 8.31. The van der Waals surface area contributed by atoms with Crippen molar-refractivity contribution in [2.75, 3.05) is 13.2 Å². The normalized spacial score (nSPS) is 13.4. The molecule has 2 N–H and O–H groups in total. The summed E-state index contributed by atoms with van der Waals surface area (Å²) in [7, 11) is 0. The van der Waals surface area contributed by atoms with E-state index < -0.39 is 6.04 Å². The van der Waals surface area contributed by atoms with Crippen LogP contribution in [-0.4, -0.2) is 18.8 Å². The molecule has 0 amide bonds. The summed E-state index contributed by atoms with van der Waals surface area (Å²) in [4.78, 5) is 0. The van der Waals surface area contributed by atoms with Gasteiger partial charge in [-0.25, -0.2) is 4.39 Å². The number of halogens is 1. The van der Waals surface area contributed by atoms with Crippen LogP contribution in [-0.2, 0) is 4.74 Å². The quantitative estimate of drug-likeness (QED) is 0.822. The molecular formula is C14H22FNO2. The van der Waals surface area contributed by atoms with Crippen molar-refractivity contribution in [3.8, 4) is 5.75 Å². The Kier molecular flexibility index (Phi) is 5.11. The zero-order valence-electron chi connectivity index (χ0n) is 11.5. The largest absolute Gasteiger partial charge is 0.491 e. The first-order valence-electron chi connectivity index (χ1n) is 6.12. The number of ether oxygens (including phenoxy) is 2. The third-order valence-corrected chi connectivity index (χ3v) is 2.34. The molecule has 3 nitrogen and oxygen atoms in total. The molecule has 0 fully saturated rings. The van der Waals surface area contributed by atoms with E-state index in [0.717, 1.165) is 0 Å². The predicted molar refractivity (Wildman–Crippen MR) is 70.2 cm³/mol. The second-order valence-electron chi connectivity index (χ2n) is 5.25. The van der Waals surface area contributed by atoms with Gasteiger partial charge >= 0.3 is 0 Å². The zero-order valence-corrected chi connectivity index (χ0v) is 11.5. The lowest BCUT2D eigenvalue weighted by atomic mass is 10.1. The topological polar surface area (TPSA) is 44.5 Å². The molecule has 102 valence electrons. The molecule has 1 rings (SSSR count). The van der Waals surface area contributed by atoms with Gasteiger partial charge in [-0.2, -0.15) is 0 Å². The van der Waals surface area contributed by atoms with E-state index in [2.05, 4.69) is 0 Å². The van der Waals surface area contributed by atoms with Gasteiger partial charge < -0.3 is 15.2 Å². The summed E-state index contributed by atoms with van der Waals surface area (Å²) in [5.41, 5.74) is 5.95. The number of benzene rings is 1. The number of hydrogen-bond acceptors (Lipinski definition) is 3. The smallest absolute Gasteiger partial charge is 0.131 e. The van der Waals surface area contributed by atoms with Gasteiger partial charge in [-0.15, -0.1) is 0 Å². The van der Waals surface area contributed by atoms with E-state index >= 15 is 0 Å². The molecule has 1 unspecified atom stereocenters. The molecule has 18 heavy (non-hydrogen) atoms. The second kappa shape index (κ2) is 6.16. The molecule has 0 spiro atoms. The summed E-state index contributed by atoms with van der Waals surface area (Å²) < 4.78 is 24.7. The highest BCUT2D eigenvalue weighted by molar-refractivity contribution is 5.36. The maximum absolute atomic E-state index is 13.6. The highest BCUT2D eigenvalue weighted by atomic mass is 19.1. The Balaban J connectivity index is 2.60. The van der Waals surface area contributed by atoms with E-state index in [-0.39, 0.29) is 11.4 Å². The van der Waals surface area contributed by atoms with Crippen molar-refractivity contribution < 1.29 is 13.9 Å². The van der Waals surface area contributed by atoms with Crippen molar-refractivity contribution in [2.45, 2.75) is 39.3 Å². The fourth-order valence-electron chi connectivity index (χ4n) is 1.58. The molecule has 1 aromatic rings. The van der Waals surface area contributed by atoms with Crippen molar-refractivity contribution in [1.29, 1.82) is 0 Å². The molecule has 0 aromatic heterocycles. The van der Waals surface area contributed by atoms with Crippen LogP contribution in [0.1, 0.15) is 39.3 Å². The second-order valence-corrected chi connectivity index (χ2v) is 5.25. The van der Waals surface area contributed by atoms with Gasteiger partial charge in [0.05, 0.1) is 12.2 Å². The van der Waals surface area contributed by atoms with Crippen molar-refractivity contribution in [1.82, 2.24) is 0 Å². The van der Waals surface area contributed by atoms with E-state index in [1.807, 2.05) is 20.8 Å². The van der Waals surface area contributed by atoms with Gasteiger partial charge in [0.15, 0.2) is 0 Å². The Hall–Kier alpha value is -1.13. The minimum Gasteiger partial charge on any atom is -0.491 e. The summed E-state index contributed by atoms with van der Waals surface area (Å²) >= 11 is 0. The molecule has 0 radical (unpaired) electrons. The third-order valence-electron chi connectivity index (χ3n) is 2.34. The van der Waals surface area contributed by atoms with E-state index in [1.165, 1.54) is 6.07 Å². The number of rotatable bonds is 5. The van der Waals surface area contributed by atoms with Crippen LogP contribution in [0.5, 0.6) is 5.75 Å². The van der Waals surface area contributed by atoms with Gasteiger partial charge in [-0.05, 0) is 39.8 Å². The fraction of sp³-hybridized carbons (Fsp3) is 0.571. The van der Waals surface area contributed by atoms with E-state index in [4.69, 9.17) is 15.2 Å². The van der Waals surface area contributed by atoms with Crippen molar-refractivity contribution >= 4 is 0 Å². The van der Waals surface area contributed by atoms with Crippen molar-refractivity contribution in [3.63, 3.8) is 0 Å². The maximum Gasteiger partial charge on any atom is 0.131 e. The van der Waals surface area contributed by atoms with Crippen LogP contribution in [0, 0.1) is 5.82 Å². The number of nitrogens with two attached hydrogens (primary N) is 1. The van der Waals surface area contributed by atoms with Crippen molar-refractivity contribution in [3.05, 3.63) is 29.6 Å². The average Bonchev–Trinajstić information content (AvgIpc) is 2.22. The Bertz CT molecular complexity index is 386. The van der Waals surface area contributed by atoms with Crippen LogP contribution in [0.25, 0.3) is 0 Å². The molecule has 4 heteroatoms. The Labute approximate surface area is 108 Å². The highest BCUT2D eigenvalue weighted by Crippen LogP contribution is 2.26. The Morgan fingerprint density at radius 3 is 2.50 bits per heavy atom. The van der Waals surface area contributed by atoms with Gasteiger partial charge in [-0.1, -0.05) is 6.07 Å². The molecule has 1 aromatic carbocycles. The van der Waals surface area contributed by atoms with Gasteiger partial charge in [-0.3, -0.25) is 0 Å². The molecule has 0 saturated carbocycles. The molecule has 0 saturated heterocycles. The third kappa shape index (κ3) is 4.63. The van der Waals surface area contributed by atoms with Gasteiger partial charge in [0, 0.05) is 11.6 Å². The summed E-state index contributed by atoms with van der Waals surface area (Å²) in [5, 5.41) is 0. The van der Waals surface area contributed by atoms with Gasteiger partial charge in [0.1, 0.15) is 18.2 Å². The molecule has 0 aliphatic carbocycles. The summed E-state index contributed by atoms with van der Waals surface area (Å²) in [6.07, 6.45) is 0. The predicted octanol–water partition coefficient (Wildman–Crippen LogP) is 3.04. The average molecular weight is 255 g/mol. The van der Waals surface area contributed by atoms with Crippen LogP contribution in [0.3, 0.4) is 0 Å². The zero-order chi connectivity index (χ0) is 13.8. The lowest BCUT2D eigenvalue weighted by molar-refractivity contribution is -0.0164. The Morgan fingerprint density at radius 2 is 1.94 bits per heavy atom. The Morgan fingerprint density at radius 1 is 1.28 bits per heavy atom. The molecule has 0 heterocycles. The van der Waals surface area contributed by atoms with E-state index in [9.17, 15) is 4.39 Å². The van der Waals surface area contributed by atoms with Crippen LogP contribution < -0.4 is 10.5 Å².